The van der Waals surface area contributed by atoms with Crippen molar-refractivity contribution in [1.82, 2.24) is 4.90 Å². The molecule has 1 saturated heterocycles. The molecule has 0 bridgehead atoms. The molecule has 1 heterocycles. The Labute approximate surface area is 138 Å². The van der Waals surface area contributed by atoms with Crippen LogP contribution in [0.1, 0.15) is 38.2 Å². The molecule has 1 aliphatic heterocycles. The molecule has 0 saturated carbocycles. The minimum absolute atomic E-state index is 0.247. The monoisotopic (exact) mass is 317 g/mol. The largest absolute Gasteiger partial charge is 0.492 e. The fourth-order valence-corrected chi connectivity index (χ4v) is 3.02. The molecule has 126 valence electrons. The van der Waals surface area contributed by atoms with Crippen LogP contribution >= 0.6 is 0 Å². The lowest BCUT2D eigenvalue weighted by Crippen LogP contribution is -2.41. The topological polar surface area (TPSA) is 81.6 Å². The predicted octanol–water partition coefficient (Wildman–Crippen LogP) is 2.62. The minimum atomic E-state index is 0.247. The molecule has 1 atom stereocenters. The third-order valence-electron chi connectivity index (χ3n) is 4.19. The number of nitrogens with zero attached hydrogens (tertiary/aromatic N) is 1. The molecule has 0 aliphatic carbocycles. The maximum absolute atomic E-state index is 12.0. The molecule has 5 nitrogen and oxygen atoms in total. The standard InChI is InChI=1S/C18H27N3O2/c1-3-6-17(22)21-10-5-7-14(11-21)12-23-16-9-4-8-15(20)18(16)13(2)19/h4,8-9,14H,2-3,5-7,10-12,19-20H2,1H3. The molecular formula is C18H27N3O2. The van der Waals surface area contributed by atoms with Gasteiger partial charge in [0.15, 0.2) is 0 Å². The number of hydrogen-bond acceptors (Lipinski definition) is 4. The van der Waals surface area contributed by atoms with Crippen molar-refractivity contribution in [3.05, 3.63) is 30.3 Å². The lowest BCUT2D eigenvalue weighted by atomic mass is 9.98. The number of nitrogen functional groups attached to an aromatic ring is 1. The van der Waals surface area contributed by atoms with Gasteiger partial charge in [-0.3, -0.25) is 4.79 Å². The minimum Gasteiger partial charge on any atom is -0.492 e. The normalized spacial score (nSPS) is 17.8. The van der Waals surface area contributed by atoms with E-state index in [0.29, 0.717) is 41.6 Å². The maximum atomic E-state index is 12.0. The lowest BCUT2D eigenvalue weighted by Gasteiger charge is -2.33. The van der Waals surface area contributed by atoms with E-state index in [2.05, 4.69) is 6.58 Å². The van der Waals surface area contributed by atoms with E-state index in [9.17, 15) is 4.79 Å². The summed E-state index contributed by atoms with van der Waals surface area (Å²) in [5.74, 6) is 1.25. The van der Waals surface area contributed by atoms with Crippen LogP contribution in [0.25, 0.3) is 5.70 Å². The first-order valence-electron chi connectivity index (χ1n) is 8.26. The van der Waals surface area contributed by atoms with E-state index in [1.807, 2.05) is 24.0 Å². The van der Waals surface area contributed by atoms with Gasteiger partial charge in [0, 0.05) is 36.8 Å². The van der Waals surface area contributed by atoms with Crippen LogP contribution in [0.3, 0.4) is 0 Å². The molecule has 23 heavy (non-hydrogen) atoms. The van der Waals surface area contributed by atoms with Crippen LogP contribution in [0.15, 0.2) is 24.8 Å². The van der Waals surface area contributed by atoms with E-state index >= 15 is 0 Å². The molecule has 0 aromatic heterocycles. The zero-order chi connectivity index (χ0) is 16.8. The number of ether oxygens (including phenoxy) is 1. The van der Waals surface area contributed by atoms with Crippen molar-refractivity contribution < 1.29 is 9.53 Å². The number of benzene rings is 1. The van der Waals surface area contributed by atoms with Crippen LogP contribution in [-0.4, -0.2) is 30.5 Å². The fourth-order valence-electron chi connectivity index (χ4n) is 3.02. The van der Waals surface area contributed by atoms with Gasteiger partial charge in [-0.15, -0.1) is 0 Å². The molecular weight excluding hydrogens is 290 g/mol. The summed E-state index contributed by atoms with van der Waals surface area (Å²) in [6, 6.07) is 5.48. The summed E-state index contributed by atoms with van der Waals surface area (Å²) >= 11 is 0. The van der Waals surface area contributed by atoms with E-state index in [0.717, 1.165) is 32.4 Å². The zero-order valence-corrected chi connectivity index (χ0v) is 13.9. The molecule has 1 aliphatic rings. The Kier molecular flexibility index (Phi) is 5.90. The molecule has 2 rings (SSSR count). The first-order valence-corrected chi connectivity index (χ1v) is 8.26. The van der Waals surface area contributed by atoms with Crippen LogP contribution in [0.5, 0.6) is 5.75 Å². The maximum Gasteiger partial charge on any atom is 0.222 e. The summed E-state index contributed by atoms with van der Waals surface area (Å²) in [6.45, 7) is 7.97. The zero-order valence-electron chi connectivity index (χ0n) is 13.9. The molecule has 5 heteroatoms. The summed E-state index contributed by atoms with van der Waals surface area (Å²) < 4.78 is 5.95. The van der Waals surface area contributed by atoms with Gasteiger partial charge in [0.05, 0.1) is 12.2 Å². The van der Waals surface area contributed by atoms with Gasteiger partial charge in [0.1, 0.15) is 5.75 Å². The van der Waals surface area contributed by atoms with Gasteiger partial charge in [-0.25, -0.2) is 0 Å². The van der Waals surface area contributed by atoms with Crippen LogP contribution in [0.2, 0.25) is 0 Å². The molecule has 1 amide bonds. The third kappa shape index (κ3) is 4.41. The summed E-state index contributed by atoms with van der Waals surface area (Å²) in [6.07, 6.45) is 3.61. The van der Waals surface area contributed by atoms with Crippen molar-refractivity contribution in [2.75, 3.05) is 25.4 Å². The van der Waals surface area contributed by atoms with E-state index in [1.54, 1.807) is 6.07 Å². The summed E-state index contributed by atoms with van der Waals surface area (Å²) in [7, 11) is 0. The average molecular weight is 317 g/mol. The van der Waals surface area contributed by atoms with Gasteiger partial charge in [-0.2, -0.15) is 0 Å². The first-order chi connectivity index (χ1) is 11.0. The van der Waals surface area contributed by atoms with Gasteiger partial charge in [0.25, 0.3) is 0 Å². The van der Waals surface area contributed by atoms with Crippen molar-refractivity contribution >= 4 is 17.3 Å². The van der Waals surface area contributed by atoms with Crippen LogP contribution < -0.4 is 16.2 Å². The highest BCUT2D eigenvalue weighted by Crippen LogP contribution is 2.29. The molecule has 0 spiro atoms. The number of anilines is 1. The summed E-state index contributed by atoms with van der Waals surface area (Å²) in [4.78, 5) is 14.0. The first kappa shape index (κ1) is 17.2. The number of rotatable bonds is 6. The van der Waals surface area contributed by atoms with E-state index in [1.165, 1.54) is 0 Å². The average Bonchev–Trinajstić information content (AvgIpc) is 2.53. The Morgan fingerprint density at radius 2 is 2.26 bits per heavy atom. The van der Waals surface area contributed by atoms with Gasteiger partial charge in [-0.1, -0.05) is 19.6 Å². The molecule has 1 fully saturated rings. The Morgan fingerprint density at radius 1 is 1.48 bits per heavy atom. The van der Waals surface area contributed by atoms with E-state index < -0.39 is 0 Å². The SMILES string of the molecule is C=C(N)c1c(N)cccc1OCC1CCCN(C(=O)CCC)C1. The quantitative estimate of drug-likeness (QED) is 0.790. The van der Waals surface area contributed by atoms with Crippen molar-refractivity contribution in [1.29, 1.82) is 0 Å². The summed E-state index contributed by atoms with van der Waals surface area (Å²) in [5, 5.41) is 0. The summed E-state index contributed by atoms with van der Waals surface area (Å²) in [5.41, 5.74) is 13.4. The molecule has 1 aromatic carbocycles. The Morgan fingerprint density at radius 3 is 2.96 bits per heavy atom. The van der Waals surface area contributed by atoms with Gasteiger partial charge in [-0.05, 0) is 31.4 Å². The highest BCUT2D eigenvalue weighted by molar-refractivity contribution is 5.77. The number of carbonyl (C=O) groups is 1. The number of hydrogen-bond donors (Lipinski definition) is 2. The number of nitrogens with two attached hydrogens (primary N) is 2. The highest BCUT2D eigenvalue weighted by atomic mass is 16.5. The number of likely N-dealkylation sites (tertiary alicyclic amines) is 1. The Bertz CT molecular complexity index is 571. The van der Waals surface area contributed by atoms with Crippen LogP contribution in [0, 0.1) is 5.92 Å². The third-order valence-corrected chi connectivity index (χ3v) is 4.19. The second kappa shape index (κ2) is 7.90. The Hall–Kier alpha value is -2.17. The van der Waals surface area contributed by atoms with E-state index in [4.69, 9.17) is 16.2 Å². The van der Waals surface area contributed by atoms with Crippen molar-refractivity contribution in [2.45, 2.75) is 32.6 Å². The van der Waals surface area contributed by atoms with Crippen molar-refractivity contribution in [3.8, 4) is 5.75 Å². The van der Waals surface area contributed by atoms with Gasteiger partial charge in [0.2, 0.25) is 5.91 Å². The Balaban J connectivity index is 1.97. The van der Waals surface area contributed by atoms with Gasteiger partial charge < -0.3 is 21.1 Å². The molecule has 1 aromatic rings. The number of piperidine rings is 1. The van der Waals surface area contributed by atoms with Gasteiger partial charge >= 0.3 is 0 Å². The fraction of sp³-hybridized carbons (Fsp3) is 0.500. The predicted molar refractivity (Wildman–Crippen MR) is 93.8 cm³/mol. The van der Waals surface area contributed by atoms with E-state index in [-0.39, 0.29) is 5.91 Å². The second-order valence-corrected chi connectivity index (χ2v) is 6.15. The highest BCUT2D eigenvalue weighted by Gasteiger charge is 2.24. The molecule has 0 radical (unpaired) electrons. The van der Waals surface area contributed by atoms with Crippen LogP contribution in [0.4, 0.5) is 5.69 Å². The number of amides is 1. The molecule has 4 N–H and O–H groups in total. The lowest BCUT2D eigenvalue weighted by molar-refractivity contribution is -0.133. The molecule has 1 unspecified atom stereocenters. The van der Waals surface area contributed by atoms with Crippen molar-refractivity contribution in [3.63, 3.8) is 0 Å². The van der Waals surface area contributed by atoms with Crippen LogP contribution in [-0.2, 0) is 4.79 Å². The van der Waals surface area contributed by atoms with Crippen molar-refractivity contribution in [2.24, 2.45) is 11.7 Å². The second-order valence-electron chi connectivity index (χ2n) is 6.15. The number of carbonyl (C=O) groups excluding carboxylic acids is 1. The smallest absolute Gasteiger partial charge is 0.222 e.